The zero-order chi connectivity index (χ0) is 15.0. The molecule has 1 atom stereocenters. The third-order valence-corrected chi connectivity index (χ3v) is 4.09. The van der Waals surface area contributed by atoms with Crippen LogP contribution in [0.5, 0.6) is 0 Å². The quantitative estimate of drug-likeness (QED) is 0.834. The van der Waals surface area contributed by atoms with E-state index >= 15 is 0 Å². The molecule has 2 nitrogen and oxygen atoms in total. The zero-order valence-electron chi connectivity index (χ0n) is 11.4. The molecule has 1 aliphatic heterocycles. The van der Waals surface area contributed by atoms with Crippen molar-refractivity contribution in [2.24, 2.45) is 0 Å². The van der Waals surface area contributed by atoms with Gasteiger partial charge in [-0.25, -0.2) is 8.78 Å². The Hall–Kier alpha value is -2.01. The first-order valence-electron chi connectivity index (χ1n) is 6.63. The van der Waals surface area contributed by atoms with Crippen molar-refractivity contribution in [2.75, 3.05) is 0 Å². The maximum Gasteiger partial charge on any atom is 0.167 e. The molecule has 0 radical (unpaired) electrons. The minimum atomic E-state index is -0.790. The Morgan fingerprint density at radius 3 is 1.90 bits per heavy atom. The van der Waals surface area contributed by atoms with Crippen molar-refractivity contribution in [3.8, 4) is 0 Å². The summed E-state index contributed by atoms with van der Waals surface area (Å²) in [5.41, 5.74) is 0.613. The highest BCUT2D eigenvalue weighted by molar-refractivity contribution is 7.80. The Kier molecular flexibility index (Phi) is 3.37. The molecule has 0 aliphatic carbocycles. The van der Waals surface area contributed by atoms with Gasteiger partial charge in [-0.05, 0) is 54.5 Å². The van der Waals surface area contributed by atoms with Crippen molar-refractivity contribution < 1.29 is 8.78 Å². The first-order chi connectivity index (χ1) is 10.0. The van der Waals surface area contributed by atoms with E-state index in [2.05, 4.69) is 10.6 Å². The van der Waals surface area contributed by atoms with Crippen LogP contribution in [0.2, 0.25) is 0 Å². The molecule has 0 saturated carbocycles. The fourth-order valence-corrected chi connectivity index (χ4v) is 3.24. The van der Waals surface area contributed by atoms with Gasteiger partial charge in [0.15, 0.2) is 5.11 Å². The highest BCUT2D eigenvalue weighted by Crippen LogP contribution is 2.36. The maximum atomic E-state index is 13.7. The van der Waals surface area contributed by atoms with Gasteiger partial charge in [-0.3, -0.25) is 0 Å². The average Bonchev–Trinajstić information content (AvgIpc) is 2.74. The minimum absolute atomic E-state index is 0.145. The summed E-state index contributed by atoms with van der Waals surface area (Å²) < 4.78 is 27.3. The van der Waals surface area contributed by atoms with Gasteiger partial charge < -0.3 is 10.6 Å². The van der Waals surface area contributed by atoms with Gasteiger partial charge in [0, 0.05) is 0 Å². The van der Waals surface area contributed by atoms with Gasteiger partial charge in [0.25, 0.3) is 0 Å². The largest absolute Gasteiger partial charge is 0.357 e. The van der Waals surface area contributed by atoms with Crippen LogP contribution in [-0.2, 0) is 5.54 Å². The number of hydrogen-bond donors (Lipinski definition) is 2. The Morgan fingerprint density at radius 1 is 1.00 bits per heavy atom. The molecule has 0 aromatic heterocycles. The summed E-state index contributed by atoms with van der Waals surface area (Å²) in [5, 5.41) is 6.78. The van der Waals surface area contributed by atoms with Crippen LogP contribution in [-0.4, -0.2) is 11.2 Å². The Morgan fingerprint density at radius 2 is 1.52 bits per heavy atom. The van der Waals surface area contributed by atoms with Gasteiger partial charge in [0.2, 0.25) is 0 Å². The fraction of sp³-hybridized carbons (Fsp3) is 0.188. The average molecular weight is 304 g/mol. The van der Waals surface area contributed by atoms with Crippen LogP contribution >= 0.6 is 12.2 Å². The van der Waals surface area contributed by atoms with Crippen molar-refractivity contribution in [3.63, 3.8) is 0 Å². The fourth-order valence-electron chi connectivity index (χ4n) is 2.91. The van der Waals surface area contributed by atoms with E-state index in [9.17, 15) is 8.78 Å². The Labute approximate surface area is 127 Å². The van der Waals surface area contributed by atoms with Crippen molar-refractivity contribution in [3.05, 3.63) is 71.3 Å². The van der Waals surface area contributed by atoms with E-state index in [0.717, 1.165) is 0 Å². The second-order valence-electron chi connectivity index (χ2n) is 5.15. The molecule has 21 heavy (non-hydrogen) atoms. The minimum Gasteiger partial charge on any atom is -0.357 e. The molecule has 2 aromatic carbocycles. The van der Waals surface area contributed by atoms with E-state index in [1.54, 1.807) is 12.1 Å². The van der Waals surface area contributed by atoms with E-state index in [-0.39, 0.29) is 17.7 Å². The SMILES string of the molecule is CC1NC(=S)NC1(c1cccc(F)c1)c1cccc(F)c1. The van der Waals surface area contributed by atoms with Gasteiger partial charge in [-0.2, -0.15) is 0 Å². The van der Waals surface area contributed by atoms with Gasteiger partial charge in [-0.15, -0.1) is 0 Å². The van der Waals surface area contributed by atoms with Crippen molar-refractivity contribution in [1.29, 1.82) is 0 Å². The molecular formula is C16H14F2N2S. The van der Waals surface area contributed by atoms with Crippen molar-refractivity contribution in [2.45, 2.75) is 18.5 Å². The van der Waals surface area contributed by atoms with Crippen molar-refractivity contribution >= 4 is 17.3 Å². The number of rotatable bonds is 2. The van der Waals surface area contributed by atoms with E-state index in [0.29, 0.717) is 16.2 Å². The molecule has 108 valence electrons. The normalized spacial score (nSPS) is 20.0. The molecule has 1 fully saturated rings. The van der Waals surface area contributed by atoms with Crippen LogP contribution in [0.15, 0.2) is 48.5 Å². The summed E-state index contributed by atoms with van der Waals surface area (Å²) in [4.78, 5) is 0. The molecule has 3 rings (SSSR count). The van der Waals surface area contributed by atoms with Gasteiger partial charge in [0.1, 0.15) is 17.2 Å². The lowest BCUT2D eigenvalue weighted by molar-refractivity contribution is 0.422. The van der Waals surface area contributed by atoms with Crippen LogP contribution in [0.3, 0.4) is 0 Å². The molecule has 2 aromatic rings. The molecule has 0 spiro atoms. The van der Waals surface area contributed by atoms with Gasteiger partial charge >= 0.3 is 0 Å². The highest BCUT2D eigenvalue weighted by Gasteiger charge is 2.45. The van der Waals surface area contributed by atoms with Gasteiger partial charge in [-0.1, -0.05) is 24.3 Å². The topological polar surface area (TPSA) is 24.1 Å². The molecule has 1 saturated heterocycles. The first kappa shape index (κ1) is 13.9. The maximum absolute atomic E-state index is 13.7. The molecule has 1 unspecified atom stereocenters. The van der Waals surface area contributed by atoms with Gasteiger partial charge in [0.05, 0.1) is 6.04 Å². The third-order valence-electron chi connectivity index (χ3n) is 3.87. The summed E-state index contributed by atoms with van der Waals surface area (Å²) >= 11 is 5.20. The molecule has 5 heteroatoms. The van der Waals surface area contributed by atoms with Crippen LogP contribution in [0.4, 0.5) is 8.78 Å². The lowest BCUT2D eigenvalue weighted by Gasteiger charge is -2.34. The molecule has 2 N–H and O–H groups in total. The van der Waals surface area contributed by atoms with E-state index in [4.69, 9.17) is 12.2 Å². The molecular weight excluding hydrogens is 290 g/mol. The number of thiocarbonyl (C=S) groups is 1. The highest BCUT2D eigenvalue weighted by atomic mass is 32.1. The lowest BCUT2D eigenvalue weighted by atomic mass is 9.78. The van der Waals surface area contributed by atoms with Crippen molar-refractivity contribution in [1.82, 2.24) is 10.6 Å². The standard InChI is InChI=1S/C16H14F2N2S/c1-10-16(20-15(21)19-10,11-4-2-6-13(17)8-11)12-5-3-7-14(18)9-12/h2-10H,1H3,(H2,19,20,21). The number of halogens is 2. The summed E-state index contributed by atoms with van der Waals surface area (Å²) in [6, 6.07) is 12.4. The van der Waals surface area contributed by atoms with Crippen LogP contribution < -0.4 is 10.6 Å². The molecule has 0 amide bonds. The second kappa shape index (κ2) is 5.07. The van der Waals surface area contributed by atoms with E-state index in [1.165, 1.54) is 24.3 Å². The second-order valence-corrected chi connectivity index (χ2v) is 5.56. The first-order valence-corrected chi connectivity index (χ1v) is 7.04. The summed E-state index contributed by atoms with van der Waals surface area (Å²) in [6.07, 6.45) is 0. The summed E-state index contributed by atoms with van der Waals surface area (Å²) in [7, 11) is 0. The smallest absolute Gasteiger partial charge is 0.167 e. The Balaban J connectivity index is 2.23. The monoisotopic (exact) mass is 304 g/mol. The van der Waals surface area contributed by atoms with E-state index < -0.39 is 5.54 Å². The van der Waals surface area contributed by atoms with Crippen LogP contribution in [0.25, 0.3) is 0 Å². The number of hydrogen-bond acceptors (Lipinski definition) is 1. The third kappa shape index (κ3) is 2.27. The molecule has 1 aliphatic rings. The summed E-state index contributed by atoms with van der Waals surface area (Å²) in [5.74, 6) is -0.676. The van der Waals surface area contributed by atoms with Crippen LogP contribution in [0.1, 0.15) is 18.1 Å². The summed E-state index contributed by atoms with van der Waals surface area (Å²) in [6.45, 7) is 1.93. The molecule has 0 bridgehead atoms. The predicted octanol–water partition coefficient (Wildman–Crippen LogP) is 3.07. The van der Waals surface area contributed by atoms with Crippen LogP contribution in [0, 0.1) is 11.6 Å². The number of benzene rings is 2. The lowest BCUT2D eigenvalue weighted by Crippen LogP contribution is -2.46. The number of nitrogens with one attached hydrogen (secondary N) is 2. The molecule has 1 heterocycles. The zero-order valence-corrected chi connectivity index (χ0v) is 12.2. The predicted molar refractivity (Wildman–Crippen MR) is 81.9 cm³/mol. The van der Waals surface area contributed by atoms with E-state index in [1.807, 2.05) is 19.1 Å². The Bertz CT molecular complexity index is 657.